The molecule has 1 aliphatic carbocycles. The van der Waals surface area contributed by atoms with Crippen molar-refractivity contribution in [2.75, 3.05) is 32.7 Å². The van der Waals surface area contributed by atoms with Crippen molar-refractivity contribution in [1.82, 2.24) is 15.1 Å². The van der Waals surface area contributed by atoms with Crippen molar-refractivity contribution >= 4 is 30.7 Å². The average molecular weight is 324 g/mol. The Morgan fingerprint density at radius 2 is 1.70 bits per heavy atom. The summed E-state index contributed by atoms with van der Waals surface area (Å²) < 4.78 is 0. The highest BCUT2D eigenvalue weighted by Crippen LogP contribution is 2.25. The zero-order valence-corrected chi connectivity index (χ0v) is 13.7. The van der Waals surface area contributed by atoms with Gasteiger partial charge in [-0.05, 0) is 32.2 Å². The zero-order chi connectivity index (χ0) is 12.4. The van der Waals surface area contributed by atoms with Crippen LogP contribution in [0.25, 0.3) is 0 Å². The molecule has 1 N–H and O–H groups in total. The Labute approximate surface area is 134 Å². The van der Waals surface area contributed by atoms with Crippen LogP contribution < -0.4 is 5.32 Å². The van der Waals surface area contributed by atoms with E-state index in [1.165, 1.54) is 32.1 Å². The molecule has 1 atom stereocenters. The number of nitrogens with one attached hydrogen (secondary N) is 1. The third-order valence-corrected chi connectivity index (χ3v) is 4.84. The topological polar surface area (TPSA) is 35.6 Å². The van der Waals surface area contributed by atoms with Crippen LogP contribution in [0.5, 0.6) is 0 Å². The number of halogens is 2. The van der Waals surface area contributed by atoms with Crippen LogP contribution >= 0.6 is 24.8 Å². The van der Waals surface area contributed by atoms with Gasteiger partial charge in [-0.1, -0.05) is 6.42 Å². The molecule has 0 aromatic rings. The maximum Gasteiger partial charge on any atom is 0.224 e. The quantitative estimate of drug-likeness (QED) is 0.858. The summed E-state index contributed by atoms with van der Waals surface area (Å²) in [6, 6.07) is 1.28. The highest BCUT2D eigenvalue weighted by atomic mass is 35.5. The molecule has 0 bridgehead atoms. The van der Waals surface area contributed by atoms with E-state index >= 15 is 0 Å². The Kier molecular flexibility index (Phi) is 7.59. The number of rotatable bonds is 3. The zero-order valence-electron chi connectivity index (χ0n) is 12.1. The maximum atomic E-state index is 12.2. The summed E-state index contributed by atoms with van der Waals surface area (Å²) in [6.07, 6.45) is 7.27. The van der Waals surface area contributed by atoms with Crippen molar-refractivity contribution in [2.24, 2.45) is 0 Å². The monoisotopic (exact) mass is 323 g/mol. The largest absolute Gasteiger partial charge is 0.340 e. The first-order valence-corrected chi connectivity index (χ1v) is 7.58. The lowest BCUT2D eigenvalue weighted by molar-refractivity contribution is -0.134. The van der Waals surface area contributed by atoms with E-state index in [1.807, 2.05) is 0 Å². The molecule has 3 rings (SSSR count). The van der Waals surface area contributed by atoms with Crippen LogP contribution in [0, 0.1) is 0 Å². The van der Waals surface area contributed by atoms with Crippen LogP contribution in [0.15, 0.2) is 0 Å². The SMILES string of the molecule is Cl.Cl.O=C(CC1CCCN1)N1CCN(C2CCC2)CC1. The Morgan fingerprint density at radius 3 is 2.20 bits per heavy atom. The molecule has 1 saturated carbocycles. The molecule has 1 unspecified atom stereocenters. The fourth-order valence-electron chi connectivity index (χ4n) is 3.36. The summed E-state index contributed by atoms with van der Waals surface area (Å²) in [7, 11) is 0. The molecule has 0 radical (unpaired) electrons. The molecule has 3 aliphatic rings. The summed E-state index contributed by atoms with van der Waals surface area (Å²) in [6.45, 7) is 5.17. The molecule has 118 valence electrons. The van der Waals surface area contributed by atoms with Gasteiger partial charge in [0.2, 0.25) is 5.91 Å². The minimum absolute atomic E-state index is 0. The predicted molar refractivity (Wildman–Crippen MR) is 85.9 cm³/mol. The first kappa shape index (κ1) is 18.0. The fourth-order valence-corrected chi connectivity index (χ4v) is 3.36. The van der Waals surface area contributed by atoms with Gasteiger partial charge in [0.25, 0.3) is 0 Å². The van der Waals surface area contributed by atoms with Gasteiger partial charge in [0, 0.05) is 44.7 Å². The number of amides is 1. The molecule has 0 aromatic heterocycles. The third-order valence-electron chi connectivity index (χ3n) is 4.84. The molecule has 1 amide bonds. The first-order chi connectivity index (χ1) is 8.83. The lowest BCUT2D eigenvalue weighted by atomic mass is 9.91. The van der Waals surface area contributed by atoms with Crippen molar-refractivity contribution in [3.05, 3.63) is 0 Å². The Morgan fingerprint density at radius 1 is 1.00 bits per heavy atom. The molecular formula is C14H27Cl2N3O. The van der Waals surface area contributed by atoms with Crippen LogP contribution in [-0.2, 0) is 4.79 Å². The van der Waals surface area contributed by atoms with Gasteiger partial charge in [-0.2, -0.15) is 0 Å². The maximum absolute atomic E-state index is 12.2. The number of piperazine rings is 1. The molecule has 4 nitrogen and oxygen atoms in total. The van der Waals surface area contributed by atoms with Crippen molar-refractivity contribution in [1.29, 1.82) is 0 Å². The molecule has 0 spiro atoms. The molecule has 2 aliphatic heterocycles. The van der Waals surface area contributed by atoms with Crippen LogP contribution in [0.4, 0.5) is 0 Å². The highest BCUT2D eigenvalue weighted by Gasteiger charge is 2.30. The molecule has 2 saturated heterocycles. The molecule has 6 heteroatoms. The van der Waals surface area contributed by atoms with Crippen molar-refractivity contribution in [3.8, 4) is 0 Å². The van der Waals surface area contributed by atoms with Gasteiger partial charge in [0.15, 0.2) is 0 Å². The second kappa shape index (κ2) is 8.42. The van der Waals surface area contributed by atoms with Crippen molar-refractivity contribution < 1.29 is 4.79 Å². The Hall–Kier alpha value is -0.0300. The van der Waals surface area contributed by atoms with E-state index in [-0.39, 0.29) is 24.8 Å². The van der Waals surface area contributed by atoms with Crippen LogP contribution in [0.1, 0.15) is 38.5 Å². The Balaban J connectivity index is 0.000001000. The lowest BCUT2D eigenvalue weighted by Gasteiger charge is -2.43. The van der Waals surface area contributed by atoms with E-state index in [0.29, 0.717) is 18.4 Å². The van der Waals surface area contributed by atoms with Crippen LogP contribution in [-0.4, -0.2) is 60.5 Å². The molecule has 20 heavy (non-hydrogen) atoms. The van der Waals surface area contributed by atoms with Gasteiger partial charge >= 0.3 is 0 Å². The summed E-state index contributed by atoms with van der Waals surface area (Å²) >= 11 is 0. The lowest BCUT2D eigenvalue weighted by Crippen LogP contribution is -2.54. The van der Waals surface area contributed by atoms with Gasteiger partial charge in [-0.25, -0.2) is 0 Å². The fraction of sp³-hybridized carbons (Fsp3) is 0.929. The van der Waals surface area contributed by atoms with Crippen molar-refractivity contribution in [3.63, 3.8) is 0 Å². The van der Waals surface area contributed by atoms with Gasteiger partial charge in [0.1, 0.15) is 0 Å². The minimum Gasteiger partial charge on any atom is -0.340 e. The van der Waals surface area contributed by atoms with E-state index in [4.69, 9.17) is 0 Å². The van der Waals surface area contributed by atoms with Crippen LogP contribution in [0.2, 0.25) is 0 Å². The number of carbonyl (C=O) groups excluding carboxylic acids is 1. The standard InChI is InChI=1S/C14H25N3O.2ClH/c18-14(11-12-3-2-6-15-12)17-9-7-16(8-10-17)13-4-1-5-13;;/h12-13,15H,1-11H2;2*1H. The van der Waals surface area contributed by atoms with Gasteiger partial charge in [-0.15, -0.1) is 24.8 Å². The number of hydrogen-bond acceptors (Lipinski definition) is 3. The van der Waals surface area contributed by atoms with Crippen LogP contribution in [0.3, 0.4) is 0 Å². The molecule has 2 heterocycles. The summed E-state index contributed by atoms with van der Waals surface area (Å²) in [4.78, 5) is 16.8. The van der Waals surface area contributed by atoms with Gasteiger partial charge < -0.3 is 10.2 Å². The number of nitrogens with zero attached hydrogens (tertiary/aromatic N) is 2. The summed E-state index contributed by atoms with van der Waals surface area (Å²) in [5.41, 5.74) is 0. The van der Waals surface area contributed by atoms with Crippen molar-refractivity contribution in [2.45, 2.75) is 50.6 Å². The number of carbonyl (C=O) groups is 1. The summed E-state index contributed by atoms with van der Waals surface area (Å²) in [5.74, 6) is 0.364. The average Bonchev–Trinajstić information content (AvgIpc) is 2.80. The van der Waals surface area contributed by atoms with E-state index in [1.54, 1.807) is 0 Å². The van der Waals surface area contributed by atoms with E-state index in [0.717, 1.165) is 38.8 Å². The van der Waals surface area contributed by atoms with E-state index < -0.39 is 0 Å². The van der Waals surface area contributed by atoms with Gasteiger partial charge in [0.05, 0.1) is 0 Å². The predicted octanol–water partition coefficient (Wildman–Crippen LogP) is 1.67. The Bertz CT molecular complexity index is 299. The van der Waals surface area contributed by atoms with E-state index in [9.17, 15) is 4.79 Å². The smallest absolute Gasteiger partial charge is 0.224 e. The minimum atomic E-state index is 0. The third kappa shape index (κ3) is 4.23. The normalized spacial score (nSPS) is 27.4. The second-order valence-electron chi connectivity index (χ2n) is 6.00. The molecule has 3 fully saturated rings. The molecular weight excluding hydrogens is 297 g/mol. The second-order valence-corrected chi connectivity index (χ2v) is 6.00. The van der Waals surface area contributed by atoms with E-state index in [2.05, 4.69) is 15.1 Å². The highest BCUT2D eigenvalue weighted by molar-refractivity contribution is 5.85. The molecule has 0 aromatic carbocycles. The first-order valence-electron chi connectivity index (χ1n) is 7.58. The van der Waals surface area contributed by atoms with Gasteiger partial charge in [-0.3, -0.25) is 9.69 Å². The summed E-state index contributed by atoms with van der Waals surface area (Å²) in [5, 5.41) is 3.41. The number of hydrogen-bond donors (Lipinski definition) is 1.